The molecule has 2 fully saturated rings. The van der Waals surface area contributed by atoms with Crippen LogP contribution >= 0.6 is 11.8 Å². The Morgan fingerprint density at radius 2 is 1.71 bits per heavy atom. The van der Waals surface area contributed by atoms with Crippen molar-refractivity contribution in [3.8, 4) is 0 Å². The smallest absolute Gasteiger partial charge is 0.315 e. The second-order valence-corrected chi connectivity index (χ2v) is 10.2. The first kappa shape index (κ1) is 25.7. The minimum Gasteiger partial charge on any atom is -0.377 e. The lowest BCUT2D eigenvalue weighted by Crippen LogP contribution is -2.36. The van der Waals surface area contributed by atoms with Gasteiger partial charge in [-0.2, -0.15) is 11.8 Å². The highest BCUT2D eigenvalue weighted by molar-refractivity contribution is 8.00. The van der Waals surface area contributed by atoms with Gasteiger partial charge in [-0.25, -0.2) is 4.79 Å². The number of nitrogens with one attached hydrogen (secondary N) is 4. The molecular formula is C21H38N4O5S. The number of thioether (sulfide) groups is 1. The molecule has 4 N–H and O–H groups in total. The molecule has 0 bridgehead atoms. The molecule has 0 spiro atoms. The van der Waals surface area contributed by atoms with Gasteiger partial charge in [0, 0.05) is 35.9 Å². The summed E-state index contributed by atoms with van der Waals surface area (Å²) in [5.41, 5.74) is -0.390. The molecule has 2 saturated heterocycles. The summed E-state index contributed by atoms with van der Waals surface area (Å²) in [6.07, 6.45) is 3.36. The molecule has 0 saturated carbocycles. The number of unbranched alkanes of at least 4 members (excludes halogenated alkanes) is 1. The van der Waals surface area contributed by atoms with Crippen LogP contribution in [0.2, 0.25) is 0 Å². The number of rotatable bonds is 14. The second kappa shape index (κ2) is 13.1. The van der Waals surface area contributed by atoms with Crippen molar-refractivity contribution in [3.05, 3.63) is 0 Å². The van der Waals surface area contributed by atoms with Crippen LogP contribution in [-0.4, -0.2) is 80.4 Å². The molecule has 0 aromatic rings. The predicted molar refractivity (Wildman–Crippen MR) is 121 cm³/mol. The van der Waals surface area contributed by atoms with Gasteiger partial charge in [-0.05, 0) is 12.8 Å². The number of fused-ring (bicyclic) bond motifs is 1. The fraction of sp³-hybridized carbons (Fsp3) is 0.857. The number of urea groups is 1. The zero-order valence-electron chi connectivity index (χ0n) is 19.0. The van der Waals surface area contributed by atoms with E-state index in [9.17, 15) is 14.4 Å². The van der Waals surface area contributed by atoms with Crippen LogP contribution in [0.3, 0.4) is 0 Å². The summed E-state index contributed by atoms with van der Waals surface area (Å²) in [6, 6.07) is 0.429. The van der Waals surface area contributed by atoms with E-state index in [0.29, 0.717) is 51.2 Å². The van der Waals surface area contributed by atoms with E-state index in [1.807, 2.05) is 32.5 Å². The van der Waals surface area contributed by atoms with Crippen LogP contribution in [0.1, 0.15) is 46.5 Å². The van der Waals surface area contributed by atoms with Crippen LogP contribution < -0.4 is 21.3 Å². The van der Waals surface area contributed by atoms with E-state index in [1.165, 1.54) is 0 Å². The summed E-state index contributed by atoms with van der Waals surface area (Å²) < 4.78 is 10.8. The number of ether oxygens (including phenoxy) is 2. The summed E-state index contributed by atoms with van der Waals surface area (Å²) in [4.78, 5) is 35.0. The van der Waals surface area contributed by atoms with Gasteiger partial charge in [-0.15, -0.1) is 0 Å². The molecule has 4 amide bonds. The molecule has 2 heterocycles. The summed E-state index contributed by atoms with van der Waals surface area (Å²) >= 11 is 1.90. The van der Waals surface area contributed by atoms with Gasteiger partial charge in [0.2, 0.25) is 11.8 Å². The van der Waals surface area contributed by atoms with E-state index < -0.39 is 5.41 Å². The first-order valence-electron chi connectivity index (χ1n) is 11.2. The minimum absolute atomic E-state index is 0.00812. The van der Waals surface area contributed by atoms with Gasteiger partial charge in [0.1, 0.15) is 0 Å². The number of carbonyl (C=O) groups is 3. The van der Waals surface area contributed by atoms with Crippen molar-refractivity contribution in [2.75, 3.05) is 45.3 Å². The third-order valence-electron chi connectivity index (χ3n) is 5.23. The maximum Gasteiger partial charge on any atom is 0.315 e. The van der Waals surface area contributed by atoms with Crippen LogP contribution in [0, 0.1) is 5.41 Å². The third-order valence-corrected chi connectivity index (χ3v) is 6.74. The normalized spacial score (nSPS) is 22.5. The summed E-state index contributed by atoms with van der Waals surface area (Å²) in [5.74, 6) is 1.02. The van der Waals surface area contributed by atoms with Gasteiger partial charge in [0.25, 0.3) is 0 Å². The lowest BCUT2D eigenvalue weighted by Gasteiger charge is -2.17. The zero-order valence-corrected chi connectivity index (χ0v) is 19.8. The van der Waals surface area contributed by atoms with E-state index in [4.69, 9.17) is 9.47 Å². The topological polar surface area (TPSA) is 118 Å². The summed E-state index contributed by atoms with van der Waals surface area (Å²) in [5, 5.41) is 12.1. The molecule has 2 rings (SSSR count). The lowest BCUT2D eigenvalue weighted by atomic mass is 9.96. The molecule has 9 nitrogen and oxygen atoms in total. The number of hydrogen-bond donors (Lipinski definition) is 4. The van der Waals surface area contributed by atoms with Crippen LogP contribution in [0.25, 0.3) is 0 Å². The average Bonchev–Trinajstić information content (AvgIpc) is 3.25. The van der Waals surface area contributed by atoms with E-state index >= 15 is 0 Å². The lowest BCUT2D eigenvalue weighted by molar-refractivity contribution is -0.128. The molecule has 0 radical (unpaired) electrons. The maximum absolute atomic E-state index is 11.9. The first-order chi connectivity index (χ1) is 14.8. The Morgan fingerprint density at radius 1 is 1.03 bits per heavy atom. The highest BCUT2D eigenvalue weighted by atomic mass is 32.2. The van der Waals surface area contributed by atoms with Crippen molar-refractivity contribution < 1.29 is 23.9 Å². The van der Waals surface area contributed by atoms with Crippen molar-refractivity contribution in [2.24, 2.45) is 5.41 Å². The van der Waals surface area contributed by atoms with Gasteiger partial charge >= 0.3 is 6.03 Å². The molecular weight excluding hydrogens is 420 g/mol. The summed E-state index contributed by atoms with van der Waals surface area (Å²) in [6.45, 7) is 8.39. The van der Waals surface area contributed by atoms with Gasteiger partial charge in [-0.1, -0.05) is 27.2 Å². The zero-order chi connectivity index (χ0) is 22.7. The number of hydrogen-bond acceptors (Lipinski definition) is 6. The largest absolute Gasteiger partial charge is 0.377 e. The summed E-state index contributed by atoms with van der Waals surface area (Å²) in [7, 11) is 0. The molecule has 0 aromatic heterocycles. The SMILES string of the molecule is CC(C)(C)C(=O)NCCOCCOCCNC(=O)CCCC[C@@H]1SC[C@@H]2NC(=O)N[C@@H]21. The fourth-order valence-corrected chi connectivity index (χ4v) is 4.99. The second-order valence-electron chi connectivity index (χ2n) is 8.95. The first-order valence-corrected chi connectivity index (χ1v) is 12.2. The highest BCUT2D eigenvalue weighted by Crippen LogP contribution is 2.33. The monoisotopic (exact) mass is 458 g/mol. The third kappa shape index (κ3) is 9.65. The standard InChI is InChI=1S/C21H38N4O5S/c1-21(2,3)19(27)23-9-11-30-13-12-29-10-8-22-17(26)7-5-4-6-16-18-15(14-31-16)24-20(28)25-18/h15-16,18H,4-14H2,1-3H3,(H,22,26)(H,23,27)(H2,24,25,28)/t15-,16-,18-/m0/s1. The molecule has 2 aliphatic heterocycles. The number of carbonyl (C=O) groups excluding carboxylic acids is 3. The molecule has 2 aliphatic rings. The Hall–Kier alpha value is -1.52. The van der Waals surface area contributed by atoms with Crippen molar-refractivity contribution in [1.29, 1.82) is 0 Å². The molecule has 10 heteroatoms. The Kier molecular flexibility index (Phi) is 10.9. The quantitative estimate of drug-likeness (QED) is 0.228. The molecule has 31 heavy (non-hydrogen) atoms. The van der Waals surface area contributed by atoms with Gasteiger partial charge < -0.3 is 30.7 Å². The van der Waals surface area contributed by atoms with Gasteiger partial charge in [0.05, 0.1) is 38.5 Å². The molecule has 0 unspecified atom stereocenters. The van der Waals surface area contributed by atoms with Crippen LogP contribution in [0.5, 0.6) is 0 Å². The Labute approximate surface area is 189 Å². The highest BCUT2D eigenvalue weighted by Gasteiger charge is 2.42. The van der Waals surface area contributed by atoms with Crippen LogP contribution in [0.4, 0.5) is 4.79 Å². The molecule has 0 aromatic carbocycles. The van der Waals surface area contributed by atoms with E-state index in [-0.39, 0.29) is 29.9 Å². The van der Waals surface area contributed by atoms with Crippen LogP contribution in [0.15, 0.2) is 0 Å². The molecule has 3 atom stereocenters. The van der Waals surface area contributed by atoms with E-state index in [1.54, 1.807) is 0 Å². The molecule has 0 aliphatic carbocycles. The van der Waals surface area contributed by atoms with Crippen molar-refractivity contribution in [2.45, 2.75) is 63.8 Å². The Bertz CT molecular complexity index is 599. The van der Waals surface area contributed by atoms with Crippen LogP contribution in [-0.2, 0) is 19.1 Å². The van der Waals surface area contributed by atoms with E-state index in [2.05, 4.69) is 21.3 Å². The number of amides is 4. The van der Waals surface area contributed by atoms with Gasteiger partial charge in [0.15, 0.2) is 0 Å². The maximum atomic E-state index is 11.9. The van der Waals surface area contributed by atoms with Gasteiger partial charge in [-0.3, -0.25) is 9.59 Å². The Morgan fingerprint density at radius 3 is 2.39 bits per heavy atom. The minimum atomic E-state index is -0.390. The Balaban J connectivity index is 1.35. The average molecular weight is 459 g/mol. The van der Waals surface area contributed by atoms with Crippen molar-refractivity contribution in [3.63, 3.8) is 0 Å². The van der Waals surface area contributed by atoms with Crippen molar-refractivity contribution >= 4 is 29.6 Å². The van der Waals surface area contributed by atoms with Crippen molar-refractivity contribution in [1.82, 2.24) is 21.3 Å². The van der Waals surface area contributed by atoms with E-state index in [0.717, 1.165) is 25.0 Å². The fourth-order valence-electron chi connectivity index (χ4n) is 3.45. The predicted octanol–water partition coefficient (Wildman–Crippen LogP) is 1.02. The molecule has 178 valence electrons.